The number of para-hydroxylation sites is 1. The van der Waals surface area contributed by atoms with Crippen LogP contribution in [0.5, 0.6) is 0 Å². The van der Waals surface area contributed by atoms with E-state index in [9.17, 15) is 10.5 Å². The van der Waals surface area contributed by atoms with Crippen molar-refractivity contribution in [2.75, 3.05) is 0 Å². The molecule has 0 radical (unpaired) electrons. The van der Waals surface area contributed by atoms with Crippen LogP contribution in [0.15, 0.2) is 91.0 Å². The highest BCUT2D eigenvalue weighted by molar-refractivity contribution is 6.05. The number of hydrogen-bond acceptors (Lipinski definition) is 2. The molecule has 5 rings (SSSR count). The Morgan fingerprint density at radius 3 is 2.33 bits per heavy atom. The van der Waals surface area contributed by atoms with Gasteiger partial charge in [-0.3, -0.25) is 0 Å². The highest BCUT2D eigenvalue weighted by atomic mass is 15.0. The van der Waals surface area contributed by atoms with Crippen molar-refractivity contribution in [1.82, 2.24) is 4.57 Å². The van der Waals surface area contributed by atoms with E-state index in [1.54, 1.807) is 0 Å². The van der Waals surface area contributed by atoms with Gasteiger partial charge in [-0.2, -0.15) is 10.5 Å². The second kappa shape index (κ2) is 8.50. The summed E-state index contributed by atoms with van der Waals surface area (Å²) in [7, 11) is 0. The van der Waals surface area contributed by atoms with Crippen LogP contribution in [0, 0.1) is 29.6 Å². The number of fused-ring (bicyclic) bond motifs is 2. The average molecular weight is 424 g/mol. The van der Waals surface area contributed by atoms with E-state index in [0.29, 0.717) is 17.7 Å². The fraction of sp³-hybridized carbons (Fsp3) is 0.0667. The Morgan fingerprint density at radius 2 is 1.52 bits per heavy atom. The summed E-state index contributed by atoms with van der Waals surface area (Å²) in [5.74, 6) is 0. The maximum atomic E-state index is 10.1. The quantitative estimate of drug-likeness (QED) is 0.290. The van der Waals surface area contributed by atoms with E-state index in [-0.39, 0.29) is 0 Å². The Bertz CT molecular complexity index is 1620. The van der Waals surface area contributed by atoms with Gasteiger partial charge in [0.1, 0.15) is 0 Å². The molecular weight excluding hydrogens is 402 g/mol. The molecule has 0 unspecified atom stereocenters. The Hall–Kier alpha value is -4.60. The molecular formula is C30H21N3. The lowest BCUT2D eigenvalue weighted by atomic mass is 9.97. The summed E-state index contributed by atoms with van der Waals surface area (Å²) >= 11 is 0. The summed E-state index contributed by atoms with van der Waals surface area (Å²) in [4.78, 5) is 0. The third-order valence-corrected chi connectivity index (χ3v) is 6.23. The van der Waals surface area contributed by atoms with Crippen molar-refractivity contribution in [3.05, 3.63) is 119 Å². The number of allylic oxidation sites excluding steroid dienone is 1. The van der Waals surface area contributed by atoms with Gasteiger partial charge in [-0.25, -0.2) is 0 Å². The molecule has 0 aliphatic rings. The number of nitrogens with zero attached hydrogens (tertiary/aromatic N) is 3. The Labute approximate surface area is 193 Å². The van der Waals surface area contributed by atoms with Crippen LogP contribution in [-0.4, -0.2) is 4.57 Å². The largest absolute Gasteiger partial charge is 0.340 e. The molecule has 0 saturated heterocycles. The molecule has 3 heteroatoms. The number of rotatable bonds is 4. The van der Waals surface area contributed by atoms with Gasteiger partial charge in [-0.1, -0.05) is 78.9 Å². The van der Waals surface area contributed by atoms with Crippen LogP contribution in [0.1, 0.15) is 27.9 Å². The van der Waals surface area contributed by atoms with E-state index >= 15 is 0 Å². The van der Waals surface area contributed by atoms with E-state index < -0.39 is 0 Å². The van der Waals surface area contributed by atoms with E-state index in [0.717, 1.165) is 44.1 Å². The standard InChI is InChI=1S/C30H21N3/c1-21-29(17-25(19-32)27-15-8-12-22-9-4-5-13-26(22)27)28-14-6-7-16-30(28)33(21)20-24-11-3-2-10-23(24)18-31/h2-17H,20H2,1H3/b25-17+. The molecule has 5 aromatic rings. The molecule has 0 amide bonds. The first kappa shape index (κ1) is 20.3. The van der Waals surface area contributed by atoms with Crippen LogP contribution in [-0.2, 0) is 6.54 Å². The van der Waals surface area contributed by atoms with E-state index in [1.807, 2.05) is 66.7 Å². The number of hydrogen-bond donors (Lipinski definition) is 0. The highest BCUT2D eigenvalue weighted by Gasteiger charge is 2.15. The summed E-state index contributed by atoms with van der Waals surface area (Å²) in [6, 6.07) is 34.9. The maximum Gasteiger partial charge on any atom is 0.0998 e. The molecule has 0 aliphatic carbocycles. The third kappa shape index (κ3) is 3.57. The Balaban J connectivity index is 1.71. The average Bonchev–Trinajstić information content (AvgIpc) is 3.13. The summed E-state index contributed by atoms with van der Waals surface area (Å²) in [5, 5.41) is 22.9. The minimum absolute atomic E-state index is 0.597. The van der Waals surface area contributed by atoms with Crippen LogP contribution in [0.3, 0.4) is 0 Å². The molecule has 0 N–H and O–H groups in total. The summed E-state index contributed by atoms with van der Waals surface area (Å²) in [6.07, 6.45) is 2.01. The Morgan fingerprint density at radius 1 is 0.818 bits per heavy atom. The molecule has 0 aliphatic heterocycles. The molecule has 4 aromatic carbocycles. The summed E-state index contributed by atoms with van der Waals surface area (Å²) < 4.78 is 2.23. The molecule has 1 heterocycles. The van der Waals surface area contributed by atoms with Gasteiger partial charge in [-0.15, -0.1) is 0 Å². The zero-order chi connectivity index (χ0) is 22.8. The van der Waals surface area contributed by atoms with Crippen molar-refractivity contribution in [2.24, 2.45) is 0 Å². The van der Waals surface area contributed by atoms with E-state index in [1.165, 1.54) is 0 Å². The third-order valence-electron chi connectivity index (χ3n) is 6.23. The number of aromatic nitrogens is 1. The van der Waals surface area contributed by atoms with E-state index in [2.05, 4.69) is 54.0 Å². The van der Waals surface area contributed by atoms with Crippen molar-refractivity contribution in [1.29, 1.82) is 10.5 Å². The lowest BCUT2D eigenvalue weighted by Gasteiger charge is -2.10. The van der Waals surface area contributed by atoms with Gasteiger partial charge in [0.15, 0.2) is 0 Å². The lowest BCUT2D eigenvalue weighted by Crippen LogP contribution is -2.03. The van der Waals surface area contributed by atoms with Gasteiger partial charge in [0.05, 0.1) is 23.3 Å². The normalized spacial score (nSPS) is 11.4. The maximum absolute atomic E-state index is 10.1. The number of benzene rings is 4. The van der Waals surface area contributed by atoms with Crippen LogP contribution in [0.2, 0.25) is 0 Å². The Kier molecular flexibility index (Phi) is 5.23. The second-order valence-corrected chi connectivity index (χ2v) is 8.07. The first-order valence-corrected chi connectivity index (χ1v) is 10.9. The number of nitriles is 2. The molecule has 0 fully saturated rings. The molecule has 33 heavy (non-hydrogen) atoms. The molecule has 0 spiro atoms. The zero-order valence-electron chi connectivity index (χ0n) is 18.3. The SMILES string of the molecule is Cc1c(/C=C(\C#N)c2cccc3ccccc23)c2ccccc2n1Cc1ccccc1C#N. The fourth-order valence-electron chi connectivity index (χ4n) is 4.56. The minimum Gasteiger partial charge on any atom is -0.340 e. The minimum atomic E-state index is 0.597. The van der Waals surface area contributed by atoms with Crippen molar-refractivity contribution in [3.63, 3.8) is 0 Å². The molecule has 0 atom stereocenters. The molecule has 0 saturated carbocycles. The smallest absolute Gasteiger partial charge is 0.0998 e. The van der Waals surface area contributed by atoms with Gasteiger partial charge in [0.2, 0.25) is 0 Å². The molecule has 3 nitrogen and oxygen atoms in total. The fourth-order valence-corrected chi connectivity index (χ4v) is 4.56. The summed E-state index contributed by atoms with van der Waals surface area (Å²) in [6.45, 7) is 2.68. The van der Waals surface area contributed by atoms with E-state index in [4.69, 9.17) is 0 Å². The second-order valence-electron chi connectivity index (χ2n) is 8.07. The van der Waals surface area contributed by atoms with Crippen LogP contribution < -0.4 is 0 Å². The zero-order valence-corrected chi connectivity index (χ0v) is 18.3. The molecule has 1 aromatic heterocycles. The van der Waals surface area contributed by atoms with Gasteiger partial charge in [0.25, 0.3) is 0 Å². The van der Waals surface area contributed by atoms with Crippen molar-refractivity contribution < 1.29 is 0 Å². The van der Waals surface area contributed by atoms with Crippen molar-refractivity contribution in [2.45, 2.75) is 13.5 Å². The highest BCUT2D eigenvalue weighted by Crippen LogP contribution is 2.32. The van der Waals surface area contributed by atoms with Gasteiger partial charge < -0.3 is 4.57 Å². The topological polar surface area (TPSA) is 52.5 Å². The van der Waals surface area contributed by atoms with Crippen LogP contribution in [0.25, 0.3) is 33.3 Å². The summed E-state index contributed by atoms with van der Waals surface area (Å²) in [5.41, 5.74) is 6.41. The predicted molar refractivity (Wildman–Crippen MR) is 134 cm³/mol. The first-order valence-electron chi connectivity index (χ1n) is 10.9. The predicted octanol–water partition coefficient (Wildman–Crippen LogP) is 7.09. The van der Waals surface area contributed by atoms with Gasteiger partial charge in [-0.05, 0) is 41.5 Å². The molecule has 156 valence electrons. The van der Waals surface area contributed by atoms with Gasteiger partial charge >= 0.3 is 0 Å². The first-order chi connectivity index (χ1) is 16.2. The van der Waals surface area contributed by atoms with Crippen LogP contribution in [0.4, 0.5) is 0 Å². The van der Waals surface area contributed by atoms with Crippen LogP contribution >= 0.6 is 0 Å². The molecule has 0 bridgehead atoms. The van der Waals surface area contributed by atoms with Gasteiger partial charge in [0, 0.05) is 34.3 Å². The monoisotopic (exact) mass is 423 g/mol. The lowest BCUT2D eigenvalue weighted by molar-refractivity contribution is 0.802. The van der Waals surface area contributed by atoms with Crippen molar-refractivity contribution >= 4 is 33.3 Å². The van der Waals surface area contributed by atoms with Crippen molar-refractivity contribution in [3.8, 4) is 12.1 Å².